The van der Waals surface area contributed by atoms with Crippen LogP contribution >= 0.6 is 0 Å². The molecule has 1 amide bonds. The van der Waals surface area contributed by atoms with Crippen LogP contribution in [0, 0.1) is 0 Å². The predicted octanol–water partition coefficient (Wildman–Crippen LogP) is 3.49. The summed E-state index contributed by atoms with van der Waals surface area (Å²) in [5, 5.41) is 4.33. The number of likely N-dealkylation sites (tertiary alicyclic amines) is 1. The minimum Gasteiger partial charge on any atom is -0.497 e. The van der Waals surface area contributed by atoms with Gasteiger partial charge in [0.1, 0.15) is 5.75 Å². The lowest BCUT2D eigenvalue weighted by Gasteiger charge is -2.40. The largest absolute Gasteiger partial charge is 0.497 e. The third kappa shape index (κ3) is 4.67. The van der Waals surface area contributed by atoms with Crippen LogP contribution < -0.4 is 4.74 Å². The maximum Gasteiger partial charge on any atom is 0.229 e. The highest BCUT2D eigenvalue weighted by atomic mass is 16.5. The van der Waals surface area contributed by atoms with Gasteiger partial charge in [-0.1, -0.05) is 17.3 Å². The normalized spacial score (nSPS) is 18.4. The number of hydrogen-bond donors (Lipinski definition) is 0. The van der Waals surface area contributed by atoms with Gasteiger partial charge in [0.25, 0.3) is 0 Å². The van der Waals surface area contributed by atoms with E-state index in [0.29, 0.717) is 18.9 Å². The highest BCUT2D eigenvalue weighted by Crippen LogP contribution is 2.42. The number of aromatic nitrogens is 2. The molecule has 0 spiro atoms. The first-order chi connectivity index (χ1) is 14.6. The topological polar surface area (TPSA) is 77.7 Å². The van der Waals surface area contributed by atoms with E-state index < -0.39 is 0 Å². The average Bonchev–Trinajstić information content (AvgIpc) is 3.52. The van der Waals surface area contributed by atoms with Gasteiger partial charge >= 0.3 is 0 Å². The van der Waals surface area contributed by atoms with Crippen LogP contribution in [0.25, 0.3) is 0 Å². The highest BCUT2D eigenvalue weighted by molar-refractivity contribution is 5.76. The van der Waals surface area contributed by atoms with E-state index in [-0.39, 0.29) is 11.3 Å². The number of carbonyl (C=O) groups excluding carboxylic acids is 1. The Hall–Kier alpha value is -2.41. The van der Waals surface area contributed by atoms with Gasteiger partial charge in [0.15, 0.2) is 5.82 Å². The van der Waals surface area contributed by atoms with E-state index in [2.05, 4.69) is 5.16 Å². The van der Waals surface area contributed by atoms with Crippen molar-refractivity contribution in [2.45, 2.75) is 56.3 Å². The average molecular weight is 414 g/mol. The van der Waals surface area contributed by atoms with Crippen molar-refractivity contribution >= 4 is 5.91 Å². The first-order valence-electron chi connectivity index (χ1n) is 10.9. The summed E-state index contributed by atoms with van der Waals surface area (Å²) in [4.78, 5) is 19.5. The lowest BCUT2D eigenvalue weighted by Crippen LogP contribution is -2.46. The Morgan fingerprint density at radius 3 is 2.57 bits per heavy atom. The number of methoxy groups -OCH3 is 2. The number of ether oxygens (including phenoxy) is 2. The smallest absolute Gasteiger partial charge is 0.229 e. The van der Waals surface area contributed by atoms with Crippen LogP contribution in [0.4, 0.5) is 0 Å². The Morgan fingerprint density at radius 1 is 1.20 bits per heavy atom. The Kier molecular flexibility index (Phi) is 6.37. The van der Waals surface area contributed by atoms with Gasteiger partial charge in [0.05, 0.1) is 7.11 Å². The van der Waals surface area contributed by atoms with E-state index in [4.69, 9.17) is 19.0 Å². The van der Waals surface area contributed by atoms with Gasteiger partial charge in [-0.05, 0) is 56.2 Å². The molecular weight excluding hydrogens is 382 g/mol. The van der Waals surface area contributed by atoms with Gasteiger partial charge in [-0.15, -0.1) is 0 Å². The summed E-state index contributed by atoms with van der Waals surface area (Å²) in [5.41, 5.74) is 0.981. The van der Waals surface area contributed by atoms with E-state index in [9.17, 15) is 4.79 Å². The molecule has 2 fully saturated rings. The molecule has 0 atom stereocenters. The molecule has 1 saturated heterocycles. The molecule has 0 N–H and O–H groups in total. The molecule has 0 unspecified atom stereocenters. The molecule has 7 heteroatoms. The molecule has 4 rings (SSSR count). The fourth-order valence-electron chi connectivity index (χ4n) is 4.22. The number of benzene rings is 1. The second-order valence-corrected chi connectivity index (χ2v) is 8.48. The zero-order valence-electron chi connectivity index (χ0n) is 17.9. The van der Waals surface area contributed by atoms with Crippen LogP contribution in [0.3, 0.4) is 0 Å². The van der Waals surface area contributed by atoms with Gasteiger partial charge in [-0.3, -0.25) is 4.79 Å². The summed E-state index contributed by atoms with van der Waals surface area (Å²) in [6.45, 7) is 2.09. The fourth-order valence-corrected chi connectivity index (χ4v) is 4.22. The van der Waals surface area contributed by atoms with E-state index in [1.165, 1.54) is 0 Å². The third-order valence-corrected chi connectivity index (χ3v) is 6.49. The van der Waals surface area contributed by atoms with Crippen molar-refractivity contribution in [2.24, 2.45) is 0 Å². The Balaban J connectivity index is 1.34. The molecule has 0 bridgehead atoms. The van der Waals surface area contributed by atoms with Crippen LogP contribution in [0.15, 0.2) is 28.8 Å². The molecule has 1 aromatic carbocycles. The number of carbonyl (C=O) groups is 1. The summed E-state index contributed by atoms with van der Waals surface area (Å²) in [6, 6.07) is 7.91. The first kappa shape index (κ1) is 20.8. The van der Waals surface area contributed by atoms with E-state index >= 15 is 0 Å². The standard InChI is InChI=1S/C23H31N3O4/c1-28-16-13-23(22-24-21(30-25-22)18-6-7-18)11-14-26(15-12-23)20(27)10-5-17-3-8-19(29-2)9-4-17/h3-4,8-9,18H,5-7,10-16H2,1-2H3. The molecular formula is C23H31N3O4. The molecule has 1 aliphatic heterocycles. The van der Waals surface area contributed by atoms with Gasteiger partial charge in [-0.2, -0.15) is 4.98 Å². The second-order valence-electron chi connectivity index (χ2n) is 8.48. The lowest BCUT2D eigenvalue weighted by molar-refractivity contribution is -0.133. The summed E-state index contributed by atoms with van der Waals surface area (Å²) < 4.78 is 16.1. The van der Waals surface area contributed by atoms with Crippen molar-refractivity contribution in [3.63, 3.8) is 0 Å². The van der Waals surface area contributed by atoms with Crippen LogP contribution in [-0.4, -0.2) is 54.9 Å². The molecule has 7 nitrogen and oxygen atoms in total. The van der Waals surface area contributed by atoms with Gasteiger partial charge in [0.2, 0.25) is 11.8 Å². The van der Waals surface area contributed by atoms with Crippen molar-refractivity contribution in [2.75, 3.05) is 33.9 Å². The van der Waals surface area contributed by atoms with Crippen LogP contribution in [0.2, 0.25) is 0 Å². The summed E-state index contributed by atoms with van der Waals surface area (Å²) in [6.07, 6.45) is 6.07. The molecule has 1 aliphatic carbocycles. The number of piperidine rings is 1. The number of hydrogen-bond acceptors (Lipinski definition) is 6. The molecule has 2 aliphatic rings. The molecule has 1 aromatic heterocycles. The van der Waals surface area contributed by atoms with E-state index in [1.807, 2.05) is 29.2 Å². The molecule has 2 aromatic rings. The monoisotopic (exact) mass is 413 g/mol. The van der Waals surface area contributed by atoms with E-state index in [1.54, 1.807) is 14.2 Å². The molecule has 2 heterocycles. The molecule has 0 radical (unpaired) electrons. The number of rotatable bonds is 9. The van der Waals surface area contributed by atoms with Gasteiger partial charge in [0, 0.05) is 44.6 Å². The number of nitrogens with zero attached hydrogens (tertiary/aromatic N) is 3. The third-order valence-electron chi connectivity index (χ3n) is 6.49. The Bertz CT molecular complexity index is 836. The van der Waals surface area contributed by atoms with Crippen molar-refractivity contribution < 1.29 is 18.8 Å². The van der Waals surface area contributed by atoms with Gasteiger partial charge in [-0.25, -0.2) is 0 Å². The SMILES string of the molecule is COCCC1(c2noc(C3CC3)n2)CCN(C(=O)CCc2ccc(OC)cc2)CC1. The Labute approximate surface area is 177 Å². The highest BCUT2D eigenvalue weighted by Gasteiger charge is 2.42. The van der Waals surface area contributed by atoms with Crippen LogP contribution in [0.1, 0.15) is 61.7 Å². The zero-order valence-corrected chi connectivity index (χ0v) is 17.9. The zero-order chi connectivity index (χ0) is 21.0. The maximum atomic E-state index is 12.8. The molecule has 30 heavy (non-hydrogen) atoms. The number of aryl methyl sites for hydroxylation is 1. The summed E-state index contributed by atoms with van der Waals surface area (Å²) in [7, 11) is 3.38. The molecule has 162 valence electrons. The fraction of sp³-hybridized carbons (Fsp3) is 0.609. The molecule has 1 saturated carbocycles. The Morgan fingerprint density at radius 2 is 1.93 bits per heavy atom. The minimum atomic E-state index is -0.167. The van der Waals surface area contributed by atoms with E-state index in [0.717, 1.165) is 74.6 Å². The van der Waals surface area contributed by atoms with Gasteiger partial charge < -0.3 is 18.9 Å². The maximum absolute atomic E-state index is 12.8. The van der Waals surface area contributed by atoms with Crippen molar-refractivity contribution in [1.82, 2.24) is 15.0 Å². The summed E-state index contributed by atoms with van der Waals surface area (Å²) >= 11 is 0. The first-order valence-corrected chi connectivity index (χ1v) is 10.9. The van der Waals surface area contributed by atoms with Crippen molar-refractivity contribution in [3.8, 4) is 5.75 Å². The summed E-state index contributed by atoms with van der Waals surface area (Å²) in [5.74, 6) is 3.06. The van der Waals surface area contributed by atoms with Crippen LogP contribution in [-0.2, 0) is 21.4 Å². The van der Waals surface area contributed by atoms with Crippen molar-refractivity contribution in [1.29, 1.82) is 0 Å². The predicted molar refractivity (Wildman–Crippen MR) is 112 cm³/mol. The minimum absolute atomic E-state index is 0.167. The quantitative estimate of drug-likeness (QED) is 0.626. The second kappa shape index (κ2) is 9.16. The van der Waals surface area contributed by atoms with Crippen LogP contribution in [0.5, 0.6) is 5.75 Å². The lowest BCUT2D eigenvalue weighted by atomic mass is 9.75. The number of amides is 1. The van der Waals surface area contributed by atoms with Crippen molar-refractivity contribution in [3.05, 3.63) is 41.5 Å².